The number of benzene rings is 1. The second-order valence-electron chi connectivity index (χ2n) is 4.36. The SMILES string of the molecule is COc1cc(NC(=O)C(N)CCS(C)(=O)=O)ccc1Br. The van der Waals surface area contributed by atoms with Crippen LogP contribution in [-0.2, 0) is 14.6 Å². The Kier molecular flexibility index (Phi) is 5.97. The number of hydrogen-bond acceptors (Lipinski definition) is 5. The molecule has 1 unspecified atom stereocenters. The third kappa shape index (κ3) is 5.48. The highest BCUT2D eigenvalue weighted by Crippen LogP contribution is 2.27. The number of methoxy groups -OCH3 is 1. The van der Waals surface area contributed by atoms with Crippen LogP contribution < -0.4 is 15.8 Å². The van der Waals surface area contributed by atoms with Crippen molar-refractivity contribution < 1.29 is 17.9 Å². The summed E-state index contributed by atoms with van der Waals surface area (Å²) < 4.78 is 27.9. The minimum Gasteiger partial charge on any atom is -0.495 e. The van der Waals surface area contributed by atoms with Gasteiger partial charge in [0.05, 0.1) is 23.4 Å². The summed E-state index contributed by atoms with van der Waals surface area (Å²) in [4.78, 5) is 11.8. The molecule has 1 amide bonds. The van der Waals surface area contributed by atoms with Gasteiger partial charge in [-0.15, -0.1) is 0 Å². The Balaban J connectivity index is 2.66. The summed E-state index contributed by atoms with van der Waals surface area (Å²) in [6, 6.07) is 4.19. The summed E-state index contributed by atoms with van der Waals surface area (Å²) in [5.41, 5.74) is 6.19. The molecule has 112 valence electrons. The maximum atomic E-state index is 11.8. The van der Waals surface area contributed by atoms with Crippen molar-refractivity contribution in [2.45, 2.75) is 12.5 Å². The largest absolute Gasteiger partial charge is 0.495 e. The predicted octanol–water partition coefficient (Wildman–Crippen LogP) is 1.16. The first-order valence-electron chi connectivity index (χ1n) is 5.80. The molecule has 1 rings (SSSR count). The highest BCUT2D eigenvalue weighted by molar-refractivity contribution is 9.10. The third-order valence-corrected chi connectivity index (χ3v) is 4.19. The standard InChI is InChI=1S/C12H17BrN2O4S/c1-19-11-7-8(3-4-9(11)13)15-12(16)10(14)5-6-20(2,17)18/h3-4,7,10H,5-6,14H2,1-2H3,(H,15,16). The smallest absolute Gasteiger partial charge is 0.241 e. The Labute approximate surface area is 126 Å². The maximum Gasteiger partial charge on any atom is 0.241 e. The molecule has 0 bridgehead atoms. The van der Waals surface area contributed by atoms with Gasteiger partial charge in [0.2, 0.25) is 5.91 Å². The van der Waals surface area contributed by atoms with Gasteiger partial charge < -0.3 is 15.8 Å². The van der Waals surface area contributed by atoms with Gasteiger partial charge in [0.15, 0.2) is 0 Å². The molecule has 1 aromatic rings. The van der Waals surface area contributed by atoms with Crippen LogP contribution in [0.5, 0.6) is 5.75 Å². The van der Waals surface area contributed by atoms with Crippen LogP contribution in [0.2, 0.25) is 0 Å². The number of rotatable bonds is 6. The van der Waals surface area contributed by atoms with E-state index < -0.39 is 21.8 Å². The van der Waals surface area contributed by atoms with Gasteiger partial charge in [0, 0.05) is 18.0 Å². The number of anilines is 1. The normalized spacial score (nSPS) is 12.8. The minimum absolute atomic E-state index is 0.0817. The molecule has 0 aliphatic rings. The van der Waals surface area contributed by atoms with E-state index in [0.717, 1.165) is 10.7 Å². The zero-order valence-electron chi connectivity index (χ0n) is 11.2. The van der Waals surface area contributed by atoms with Crippen molar-refractivity contribution in [1.29, 1.82) is 0 Å². The predicted molar refractivity (Wildman–Crippen MR) is 81.6 cm³/mol. The zero-order valence-corrected chi connectivity index (χ0v) is 13.6. The highest BCUT2D eigenvalue weighted by atomic mass is 79.9. The Morgan fingerprint density at radius 3 is 2.70 bits per heavy atom. The maximum absolute atomic E-state index is 11.8. The van der Waals surface area contributed by atoms with E-state index in [1.54, 1.807) is 18.2 Å². The van der Waals surface area contributed by atoms with Gasteiger partial charge in [-0.2, -0.15) is 0 Å². The molecule has 8 heteroatoms. The summed E-state index contributed by atoms with van der Waals surface area (Å²) in [5, 5.41) is 2.62. The van der Waals surface area contributed by atoms with Gasteiger partial charge in [-0.1, -0.05) is 0 Å². The number of carbonyl (C=O) groups is 1. The summed E-state index contributed by atoms with van der Waals surface area (Å²) in [5.74, 6) is 0.0242. The summed E-state index contributed by atoms with van der Waals surface area (Å²) in [7, 11) is -1.61. The van der Waals surface area contributed by atoms with Crippen LogP contribution in [0.15, 0.2) is 22.7 Å². The van der Waals surface area contributed by atoms with Crippen LogP contribution >= 0.6 is 15.9 Å². The molecule has 0 fully saturated rings. The van der Waals surface area contributed by atoms with E-state index >= 15 is 0 Å². The second kappa shape index (κ2) is 7.05. The zero-order chi connectivity index (χ0) is 15.3. The van der Waals surface area contributed by atoms with Crippen molar-refractivity contribution in [3.63, 3.8) is 0 Å². The van der Waals surface area contributed by atoms with Crippen LogP contribution in [0.4, 0.5) is 5.69 Å². The molecule has 0 heterocycles. The molecular weight excluding hydrogens is 348 g/mol. The lowest BCUT2D eigenvalue weighted by Gasteiger charge is -2.13. The van der Waals surface area contributed by atoms with Gasteiger partial charge in [-0.05, 0) is 34.5 Å². The molecule has 20 heavy (non-hydrogen) atoms. The summed E-state index contributed by atoms with van der Waals surface area (Å²) in [6.45, 7) is 0. The first kappa shape index (κ1) is 16.9. The average molecular weight is 365 g/mol. The van der Waals surface area contributed by atoms with Crippen LogP contribution in [0.3, 0.4) is 0 Å². The summed E-state index contributed by atoms with van der Waals surface area (Å²) in [6.07, 6.45) is 1.19. The highest BCUT2D eigenvalue weighted by Gasteiger charge is 2.16. The van der Waals surface area contributed by atoms with Crippen LogP contribution in [0.25, 0.3) is 0 Å². The first-order chi connectivity index (χ1) is 9.23. The molecule has 0 aromatic heterocycles. The Morgan fingerprint density at radius 2 is 2.15 bits per heavy atom. The van der Waals surface area contributed by atoms with Crippen LogP contribution in [-0.4, -0.2) is 39.5 Å². The van der Waals surface area contributed by atoms with E-state index in [2.05, 4.69) is 21.2 Å². The van der Waals surface area contributed by atoms with E-state index in [-0.39, 0.29) is 12.2 Å². The van der Waals surface area contributed by atoms with E-state index in [0.29, 0.717) is 11.4 Å². The molecule has 0 saturated carbocycles. The monoisotopic (exact) mass is 364 g/mol. The molecule has 0 radical (unpaired) electrons. The number of carbonyl (C=O) groups excluding carboxylic acids is 1. The lowest BCUT2D eigenvalue weighted by molar-refractivity contribution is -0.117. The van der Waals surface area contributed by atoms with Crippen molar-refractivity contribution in [2.75, 3.05) is 24.4 Å². The fraction of sp³-hybridized carbons (Fsp3) is 0.417. The van der Waals surface area contributed by atoms with E-state index in [1.807, 2.05) is 0 Å². The molecule has 1 atom stereocenters. The van der Waals surface area contributed by atoms with Crippen molar-refractivity contribution >= 4 is 37.4 Å². The van der Waals surface area contributed by atoms with Crippen molar-refractivity contribution in [3.05, 3.63) is 22.7 Å². The Morgan fingerprint density at radius 1 is 1.50 bits per heavy atom. The van der Waals surface area contributed by atoms with Crippen LogP contribution in [0.1, 0.15) is 6.42 Å². The van der Waals surface area contributed by atoms with Crippen LogP contribution in [0, 0.1) is 0 Å². The number of halogens is 1. The number of ether oxygens (including phenoxy) is 1. The molecular formula is C12H17BrN2O4S. The minimum atomic E-state index is -3.13. The average Bonchev–Trinajstić information content (AvgIpc) is 2.37. The fourth-order valence-corrected chi connectivity index (χ4v) is 2.54. The van der Waals surface area contributed by atoms with Gasteiger partial charge in [0.25, 0.3) is 0 Å². The number of sulfone groups is 1. The molecule has 1 aromatic carbocycles. The number of nitrogens with two attached hydrogens (primary N) is 1. The summed E-state index contributed by atoms with van der Waals surface area (Å²) >= 11 is 3.30. The Bertz CT molecular complexity index is 589. The van der Waals surface area contributed by atoms with Gasteiger partial charge >= 0.3 is 0 Å². The van der Waals surface area contributed by atoms with E-state index in [4.69, 9.17) is 10.5 Å². The molecule has 0 aliphatic carbocycles. The quantitative estimate of drug-likeness (QED) is 0.788. The number of nitrogens with one attached hydrogen (secondary N) is 1. The third-order valence-electron chi connectivity index (χ3n) is 2.56. The molecule has 0 spiro atoms. The molecule has 0 saturated heterocycles. The first-order valence-corrected chi connectivity index (χ1v) is 8.66. The topological polar surface area (TPSA) is 98.5 Å². The lowest BCUT2D eigenvalue weighted by atomic mass is 10.2. The van der Waals surface area contributed by atoms with Gasteiger partial charge in [-0.25, -0.2) is 8.42 Å². The lowest BCUT2D eigenvalue weighted by Crippen LogP contribution is -2.37. The van der Waals surface area contributed by atoms with Gasteiger partial charge in [-0.3, -0.25) is 4.79 Å². The fourth-order valence-electron chi connectivity index (χ4n) is 1.44. The van der Waals surface area contributed by atoms with Crippen molar-refractivity contribution in [2.24, 2.45) is 5.73 Å². The number of amides is 1. The number of hydrogen-bond donors (Lipinski definition) is 2. The van der Waals surface area contributed by atoms with Gasteiger partial charge in [0.1, 0.15) is 15.6 Å². The molecule has 3 N–H and O–H groups in total. The Hall–Kier alpha value is -1.12. The van der Waals surface area contributed by atoms with Crippen molar-refractivity contribution in [1.82, 2.24) is 0 Å². The van der Waals surface area contributed by atoms with Crippen molar-refractivity contribution in [3.8, 4) is 5.75 Å². The second-order valence-corrected chi connectivity index (χ2v) is 7.48. The molecule has 0 aliphatic heterocycles. The van der Waals surface area contributed by atoms with E-state index in [9.17, 15) is 13.2 Å². The molecule has 6 nitrogen and oxygen atoms in total. The van der Waals surface area contributed by atoms with E-state index in [1.165, 1.54) is 7.11 Å².